The molecule has 10 heavy (non-hydrogen) atoms. The largest absolute Gasteiger partial charge is 0.363 e. The lowest BCUT2D eigenvalue weighted by Gasteiger charge is -2.09. The number of anilines is 1. The summed E-state index contributed by atoms with van der Waals surface area (Å²) < 4.78 is 0. The third-order valence-corrected chi connectivity index (χ3v) is 1.35. The Morgan fingerprint density at radius 2 is 2.10 bits per heavy atom. The van der Waals surface area contributed by atoms with Crippen LogP contribution in [-0.2, 0) is 0 Å². The van der Waals surface area contributed by atoms with E-state index in [1.54, 1.807) is 0 Å². The molecule has 0 aliphatic rings. The van der Waals surface area contributed by atoms with E-state index in [1.807, 2.05) is 39.1 Å². The molecule has 0 bridgehead atoms. The van der Waals surface area contributed by atoms with Gasteiger partial charge in [0.15, 0.2) is 0 Å². The second-order valence-corrected chi connectivity index (χ2v) is 2.59. The van der Waals surface area contributed by atoms with Gasteiger partial charge >= 0.3 is 0 Å². The standard InChI is InChI=1S/C7H11BN2/c1-10(2)7-4-3-6(8)5-9-7/h3-5H,8H2,1-2H3. The summed E-state index contributed by atoms with van der Waals surface area (Å²) in [6.45, 7) is 0. The Morgan fingerprint density at radius 1 is 1.40 bits per heavy atom. The number of aromatic nitrogens is 1. The second kappa shape index (κ2) is 2.73. The Bertz CT molecular complexity index is 205. The van der Waals surface area contributed by atoms with Gasteiger partial charge in [-0.05, 0) is 6.07 Å². The van der Waals surface area contributed by atoms with Crippen molar-refractivity contribution >= 4 is 19.1 Å². The Balaban J connectivity index is 2.89. The molecule has 0 amide bonds. The van der Waals surface area contributed by atoms with Crippen LogP contribution in [0.25, 0.3) is 0 Å². The van der Waals surface area contributed by atoms with Crippen molar-refractivity contribution in [3.8, 4) is 0 Å². The molecule has 0 aromatic carbocycles. The molecule has 0 saturated carbocycles. The smallest absolute Gasteiger partial charge is 0.141 e. The van der Waals surface area contributed by atoms with E-state index in [4.69, 9.17) is 0 Å². The number of hydrogen-bond acceptors (Lipinski definition) is 2. The Hall–Kier alpha value is -0.985. The van der Waals surface area contributed by atoms with Gasteiger partial charge < -0.3 is 4.90 Å². The highest BCUT2D eigenvalue weighted by molar-refractivity contribution is 6.32. The van der Waals surface area contributed by atoms with Crippen molar-refractivity contribution in [1.82, 2.24) is 4.98 Å². The molecule has 0 spiro atoms. The first kappa shape index (κ1) is 7.13. The molecule has 1 heterocycles. The lowest BCUT2D eigenvalue weighted by molar-refractivity contribution is 1.07. The van der Waals surface area contributed by atoms with Gasteiger partial charge in [-0.2, -0.15) is 0 Å². The first-order valence-corrected chi connectivity index (χ1v) is 3.30. The van der Waals surface area contributed by atoms with E-state index in [0.717, 1.165) is 5.82 Å². The molecule has 0 aliphatic heterocycles. The van der Waals surface area contributed by atoms with Gasteiger partial charge in [0.1, 0.15) is 13.7 Å². The molecule has 2 nitrogen and oxygen atoms in total. The van der Waals surface area contributed by atoms with Crippen LogP contribution in [-0.4, -0.2) is 26.9 Å². The number of rotatable bonds is 1. The monoisotopic (exact) mass is 134 g/mol. The molecule has 0 atom stereocenters. The van der Waals surface area contributed by atoms with E-state index in [-0.39, 0.29) is 0 Å². The van der Waals surface area contributed by atoms with E-state index in [0.29, 0.717) is 0 Å². The third kappa shape index (κ3) is 1.50. The molecule has 3 heteroatoms. The van der Waals surface area contributed by atoms with Gasteiger partial charge in [0, 0.05) is 20.3 Å². The third-order valence-electron chi connectivity index (χ3n) is 1.35. The van der Waals surface area contributed by atoms with E-state index >= 15 is 0 Å². The minimum absolute atomic E-state index is 1.01. The van der Waals surface area contributed by atoms with E-state index in [2.05, 4.69) is 11.1 Å². The molecule has 0 aliphatic carbocycles. The maximum Gasteiger partial charge on any atom is 0.141 e. The second-order valence-electron chi connectivity index (χ2n) is 2.59. The van der Waals surface area contributed by atoms with Crippen LogP contribution in [0.4, 0.5) is 5.82 Å². The molecule has 0 radical (unpaired) electrons. The van der Waals surface area contributed by atoms with Gasteiger partial charge in [-0.3, -0.25) is 0 Å². The van der Waals surface area contributed by atoms with Crippen LogP contribution >= 0.6 is 0 Å². The van der Waals surface area contributed by atoms with Crippen LogP contribution in [0.1, 0.15) is 0 Å². The molecular formula is C7H11BN2. The fourth-order valence-corrected chi connectivity index (χ4v) is 0.725. The predicted octanol–water partition coefficient (Wildman–Crippen LogP) is -0.594. The summed E-state index contributed by atoms with van der Waals surface area (Å²) in [6, 6.07) is 4.07. The lowest BCUT2D eigenvalue weighted by atomic mass is 9.99. The minimum Gasteiger partial charge on any atom is -0.363 e. The number of nitrogens with zero attached hydrogens (tertiary/aromatic N) is 2. The highest BCUT2D eigenvalue weighted by Gasteiger charge is 1.92. The molecule has 0 fully saturated rings. The number of hydrogen-bond donors (Lipinski definition) is 0. The van der Waals surface area contributed by atoms with Gasteiger partial charge in [0.25, 0.3) is 0 Å². The Morgan fingerprint density at radius 3 is 2.50 bits per heavy atom. The van der Waals surface area contributed by atoms with Crippen LogP contribution in [0.3, 0.4) is 0 Å². The van der Waals surface area contributed by atoms with Crippen LogP contribution in [0.2, 0.25) is 0 Å². The zero-order valence-electron chi connectivity index (χ0n) is 6.63. The summed E-state index contributed by atoms with van der Waals surface area (Å²) in [4.78, 5) is 6.19. The summed E-state index contributed by atoms with van der Waals surface area (Å²) in [6.07, 6.45) is 1.87. The molecule has 52 valence electrons. The van der Waals surface area contributed by atoms with Gasteiger partial charge in [-0.15, -0.1) is 0 Å². The van der Waals surface area contributed by atoms with Crippen LogP contribution < -0.4 is 10.4 Å². The van der Waals surface area contributed by atoms with Crippen molar-refractivity contribution in [3.63, 3.8) is 0 Å². The fraction of sp³-hybridized carbons (Fsp3) is 0.286. The minimum atomic E-state index is 1.01. The molecule has 1 rings (SSSR count). The quantitative estimate of drug-likeness (QED) is 0.477. The molecule has 0 unspecified atom stereocenters. The summed E-state index contributed by atoms with van der Waals surface area (Å²) in [5.74, 6) is 1.01. The molecular weight excluding hydrogens is 123 g/mol. The molecule has 1 aromatic rings. The first-order valence-electron chi connectivity index (χ1n) is 3.30. The van der Waals surface area contributed by atoms with Crippen LogP contribution in [0.15, 0.2) is 18.3 Å². The SMILES string of the molecule is Bc1ccc(N(C)C)nc1. The lowest BCUT2D eigenvalue weighted by Crippen LogP contribution is -2.12. The van der Waals surface area contributed by atoms with Crippen molar-refractivity contribution in [1.29, 1.82) is 0 Å². The van der Waals surface area contributed by atoms with E-state index < -0.39 is 0 Å². The maximum absolute atomic E-state index is 4.20. The van der Waals surface area contributed by atoms with Crippen LogP contribution in [0.5, 0.6) is 0 Å². The summed E-state index contributed by atoms with van der Waals surface area (Å²) in [5.41, 5.74) is 1.20. The Labute approximate surface area is 62.3 Å². The van der Waals surface area contributed by atoms with E-state index in [9.17, 15) is 0 Å². The molecule has 0 N–H and O–H groups in total. The first-order chi connectivity index (χ1) is 4.70. The average molecular weight is 134 g/mol. The predicted molar refractivity (Wildman–Crippen MR) is 46.7 cm³/mol. The van der Waals surface area contributed by atoms with Gasteiger partial charge in [-0.25, -0.2) is 4.98 Å². The fourth-order valence-electron chi connectivity index (χ4n) is 0.725. The van der Waals surface area contributed by atoms with Gasteiger partial charge in [0.2, 0.25) is 0 Å². The Kier molecular flexibility index (Phi) is 1.95. The average Bonchev–Trinajstić information content (AvgIpc) is 1.88. The summed E-state index contributed by atoms with van der Waals surface area (Å²) >= 11 is 0. The summed E-state index contributed by atoms with van der Waals surface area (Å²) in [7, 11) is 6.00. The number of pyridine rings is 1. The molecule has 1 aromatic heterocycles. The topological polar surface area (TPSA) is 16.1 Å². The maximum atomic E-state index is 4.20. The van der Waals surface area contributed by atoms with Gasteiger partial charge in [-0.1, -0.05) is 11.5 Å². The zero-order chi connectivity index (χ0) is 7.56. The van der Waals surface area contributed by atoms with Crippen molar-refractivity contribution in [2.24, 2.45) is 0 Å². The zero-order valence-corrected chi connectivity index (χ0v) is 6.63. The van der Waals surface area contributed by atoms with E-state index in [1.165, 1.54) is 5.46 Å². The van der Waals surface area contributed by atoms with Crippen LogP contribution in [0, 0.1) is 0 Å². The highest BCUT2D eigenvalue weighted by Crippen LogP contribution is 2.00. The molecule has 0 saturated heterocycles. The van der Waals surface area contributed by atoms with Gasteiger partial charge in [0.05, 0.1) is 0 Å². The van der Waals surface area contributed by atoms with Crippen molar-refractivity contribution in [2.75, 3.05) is 19.0 Å². The highest BCUT2D eigenvalue weighted by atomic mass is 15.1. The van der Waals surface area contributed by atoms with Crippen molar-refractivity contribution in [2.45, 2.75) is 0 Å². The normalized spacial score (nSPS) is 9.40. The van der Waals surface area contributed by atoms with Crippen molar-refractivity contribution < 1.29 is 0 Å². The van der Waals surface area contributed by atoms with Crippen molar-refractivity contribution in [3.05, 3.63) is 18.3 Å². The summed E-state index contributed by atoms with van der Waals surface area (Å²) in [5, 5.41) is 0.